The van der Waals surface area contributed by atoms with E-state index in [1.807, 2.05) is 24.3 Å². The molecule has 0 unspecified atom stereocenters. The minimum Gasteiger partial charge on any atom is -0.497 e. The van der Waals surface area contributed by atoms with E-state index >= 15 is 0 Å². The van der Waals surface area contributed by atoms with Gasteiger partial charge in [0.15, 0.2) is 5.96 Å². The minimum absolute atomic E-state index is 0.0132. The highest BCUT2D eigenvalue weighted by atomic mass is 19.4. The molecular formula is C19H23F3N4O2. The third kappa shape index (κ3) is 6.64. The zero-order chi connectivity index (χ0) is 20.4. The van der Waals surface area contributed by atoms with E-state index < -0.39 is 17.6 Å². The smallest absolute Gasteiger partial charge is 0.421 e. The first-order valence-corrected chi connectivity index (χ1v) is 8.66. The molecule has 1 aromatic heterocycles. The maximum Gasteiger partial charge on any atom is 0.421 e. The number of aliphatic imine (C=N–C) groups is 1. The Morgan fingerprint density at radius 3 is 2.46 bits per heavy atom. The van der Waals surface area contributed by atoms with Crippen LogP contribution in [-0.4, -0.2) is 44.8 Å². The van der Waals surface area contributed by atoms with Gasteiger partial charge in [0.2, 0.25) is 5.88 Å². The van der Waals surface area contributed by atoms with Crippen molar-refractivity contribution < 1.29 is 22.6 Å². The van der Waals surface area contributed by atoms with Crippen LogP contribution in [0.15, 0.2) is 47.6 Å². The number of hydrogen-bond acceptors (Lipinski definition) is 4. The lowest BCUT2D eigenvalue weighted by atomic mass is 10.1. The maximum atomic E-state index is 12.9. The Morgan fingerprint density at radius 1 is 1.11 bits per heavy atom. The van der Waals surface area contributed by atoms with Crippen molar-refractivity contribution in [1.82, 2.24) is 15.6 Å². The van der Waals surface area contributed by atoms with Crippen LogP contribution in [0.1, 0.15) is 11.1 Å². The van der Waals surface area contributed by atoms with Crippen molar-refractivity contribution in [3.8, 4) is 11.6 Å². The fourth-order valence-corrected chi connectivity index (χ4v) is 2.38. The molecule has 28 heavy (non-hydrogen) atoms. The molecule has 0 radical (unpaired) electrons. The lowest BCUT2D eigenvalue weighted by Crippen LogP contribution is -2.40. The molecule has 0 aliphatic carbocycles. The standard InChI is InChI=1S/C19H23F3N4O2/c1-23-18(25-11-9-14-5-7-15(27-2)8-6-14)26-12-13-28-17-16(19(20,21)22)4-3-10-24-17/h3-8,10H,9,11-13H2,1-2H3,(H2,23,25,26). The summed E-state index contributed by atoms with van der Waals surface area (Å²) in [5.74, 6) is 0.907. The fraction of sp³-hybridized carbons (Fsp3) is 0.368. The van der Waals surface area contributed by atoms with Gasteiger partial charge in [0.1, 0.15) is 17.9 Å². The van der Waals surface area contributed by atoms with Crippen molar-refractivity contribution in [2.45, 2.75) is 12.6 Å². The van der Waals surface area contributed by atoms with Crippen LogP contribution >= 0.6 is 0 Å². The molecule has 0 aliphatic heterocycles. The monoisotopic (exact) mass is 396 g/mol. The molecule has 2 N–H and O–H groups in total. The van der Waals surface area contributed by atoms with Gasteiger partial charge in [-0.05, 0) is 36.2 Å². The van der Waals surface area contributed by atoms with Crippen LogP contribution < -0.4 is 20.1 Å². The zero-order valence-corrected chi connectivity index (χ0v) is 15.7. The van der Waals surface area contributed by atoms with Gasteiger partial charge in [-0.1, -0.05) is 12.1 Å². The average Bonchev–Trinajstić information content (AvgIpc) is 2.69. The van der Waals surface area contributed by atoms with Gasteiger partial charge in [-0.3, -0.25) is 4.99 Å². The first kappa shape index (κ1) is 21.3. The van der Waals surface area contributed by atoms with Gasteiger partial charge in [-0.25, -0.2) is 4.98 Å². The zero-order valence-electron chi connectivity index (χ0n) is 15.7. The normalized spacial score (nSPS) is 11.8. The number of aromatic nitrogens is 1. The SMILES string of the molecule is CN=C(NCCOc1ncccc1C(F)(F)F)NCCc1ccc(OC)cc1. The molecule has 152 valence electrons. The molecule has 6 nitrogen and oxygen atoms in total. The van der Waals surface area contributed by atoms with Crippen molar-refractivity contribution in [3.05, 3.63) is 53.7 Å². The molecule has 9 heteroatoms. The lowest BCUT2D eigenvalue weighted by Gasteiger charge is -2.14. The molecule has 0 atom stereocenters. The summed E-state index contributed by atoms with van der Waals surface area (Å²) in [5.41, 5.74) is 0.249. The summed E-state index contributed by atoms with van der Waals surface area (Å²) < 4.78 is 49.0. The van der Waals surface area contributed by atoms with Crippen LogP contribution in [0.2, 0.25) is 0 Å². The molecule has 0 saturated carbocycles. The van der Waals surface area contributed by atoms with Crippen molar-refractivity contribution in [2.24, 2.45) is 4.99 Å². The van der Waals surface area contributed by atoms with Gasteiger partial charge in [0.25, 0.3) is 0 Å². The van der Waals surface area contributed by atoms with E-state index in [9.17, 15) is 13.2 Å². The van der Waals surface area contributed by atoms with Crippen molar-refractivity contribution in [3.63, 3.8) is 0 Å². The highest BCUT2D eigenvalue weighted by molar-refractivity contribution is 5.79. The molecule has 0 saturated heterocycles. The van der Waals surface area contributed by atoms with E-state index in [2.05, 4.69) is 20.6 Å². The molecule has 0 bridgehead atoms. The number of rotatable bonds is 8. The van der Waals surface area contributed by atoms with Crippen molar-refractivity contribution >= 4 is 5.96 Å². The van der Waals surface area contributed by atoms with Crippen LogP contribution in [0, 0.1) is 0 Å². The topological polar surface area (TPSA) is 67.8 Å². The molecule has 0 amide bonds. The molecule has 0 aliphatic rings. The number of nitrogens with one attached hydrogen (secondary N) is 2. The fourth-order valence-electron chi connectivity index (χ4n) is 2.38. The van der Waals surface area contributed by atoms with E-state index in [1.165, 1.54) is 12.3 Å². The molecule has 1 heterocycles. The molecule has 2 aromatic rings. The summed E-state index contributed by atoms with van der Waals surface area (Å²) in [5, 5.41) is 6.12. The van der Waals surface area contributed by atoms with Crippen LogP contribution in [0.3, 0.4) is 0 Å². The van der Waals surface area contributed by atoms with E-state index in [1.54, 1.807) is 14.2 Å². The molecule has 2 rings (SSSR count). The van der Waals surface area contributed by atoms with E-state index in [-0.39, 0.29) is 13.2 Å². The number of pyridine rings is 1. The summed E-state index contributed by atoms with van der Waals surface area (Å²) in [6.07, 6.45) is -2.46. The minimum atomic E-state index is -4.50. The van der Waals surface area contributed by atoms with Crippen molar-refractivity contribution in [2.75, 3.05) is 33.9 Å². The van der Waals surface area contributed by atoms with Crippen molar-refractivity contribution in [1.29, 1.82) is 0 Å². The predicted octanol–water partition coefficient (Wildman–Crippen LogP) is 2.90. The van der Waals surface area contributed by atoms with Gasteiger partial charge in [0, 0.05) is 19.8 Å². The predicted molar refractivity (Wildman–Crippen MR) is 101 cm³/mol. The second-order valence-corrected chi connectivity index (χ2v) is 5.73. The lowest BCUT2D eigenvalue weighted by molar-refractivity contribution is -0.139. The number of guanidine groups is 1. The molecule has 0 spiro atoms. The molecule has 1 aromatic carbocycles. The van der Waals surface area contributed by atoms with E-state index in [0.29, 0.717) is 12.5 Å². The highest BCUT2D eigenvalue weighted by Crippen LogP contribution is 2.34. The number of halogens is 3. The average molecular weight is 396 g/mol. The second kappa shape index (κ2) is 10.4. The Balaban J connectivity index is 1.73. The highest BCUT2D eigenvalue weighted by Gasteiger charge is 2.34. The van der Waals surface area contributed by atoms with Gasteiger partial charge >= 0.3 is 6.18 Å². The summed E-state index contributed by atoms with van der Waals surface area (Å²) >= 11 is 0. The number of benzene rings is 1. The van der Waals surface area contributed by atoms with Crippen LogP contribution in [0.25, 0.3) is 0 Å². The van der Waals surface area contributed by atoms with Crippen LogP contribution in [-0.2, 0) is 12.6 Å². The van der Waals surface area contributed by atoms with Gasteiger partial charge in [-0.2, -0.15) is 13.2 Å². The largest absolute Gasteiger partial charge is 0.497 e. The van der Waals surface area contributed by atoms with E-state index in [0.717, 1.165) is 23.8 Å². The maximum absolute atomic E-state index is 12.9. The summed E-state index contributed by atoms with van der Waals surface area (Å²) in [7, 11) is 3.23. The third-order valence-electron chi connectivity index (χ3n) is 3.80. The second-order valence-electron chi connectivity index (χ2n) is 5.73. The Bertz CT molecular complexity index is 765. The summed E-state index contributed by atoms with van der Waals surface area (Å²) in [4.78, 5) is 7.72. The third-order valence-corrected chi connectivity index (χ3v) is 3.80. The number of alkyl halides is 3. The summed E-state index contributed by atoms with van der Waals surface area (Å²) in [6.45, 7) is 0.931. The van der Waals surface area contributed by atoms with Crippen LogP contribution in [0.5, 0.6) is 11.6 Å². The number of hydrogen-bond donors (Lipinski definition) is 2. The van der Waals surface area contributed by atoms with Gasteiger partial charge < -0.3 is 20.1 Å². The first-order valence-electron chi connectivity index (χ1n) is 8.66. The Kier molecular flexibility index (Phi) is 7.91. The number of ether oxygens (including phenoxy) is 2. The van der Waals surface area contributed by atoms with Crippen LogP contribution in [0.4, 0.5) is 13.2 Å². The van der Waals surface area contributed by atoms with Gasteiger partial charge in [0.05, 0.1) is 13.7 Å². The quantitative estimate of drug-likeness (QED) is 0.408. The van der Waals surface area contributed by atoms with Gasteiger partial charge in [-0.15, -0.1) is 0 Å². The number of methoxy groups -OCH3 is 1. The van der Waals surface area contributed by atoms with E-state index in [4.69, 9.17) is 9.47 Å². The Labute approximate surface area is 161 Å². The molecular weight excluding hydrogens is 373 g/mol. The Hall–Kier alpha value is -2.97. The summed E-state index contributed by atoms with van der Waals surface area (Å²) in [6, 6.07) is 9.92. The molecule has 0 fully saturated rings. The number of nitrogens with zero attached hydrogens (tertiary/aromatic N) is 2. The Morgan fingerprint density at radius 2 is 1.82 bits per heavy atom. The first-order chi connectivity index (χ1) is 13.4.